The summed E-state index contributed by atoms with van der Waals surface area (Å²) in [4.78, 5) is 12.2. The molecule has 3 heteroatoms. The van der Waals surface area contributed by atoms with Gasteiger partial charge in [0.15, 0.2) is 0 Å². The van der Waals surface area contributed by atoms with Crippen LogP contribution in [0.2, 0.25) is 0 Å². The molecule has 1 aromatic rings. The average molecular weight is 249 g/mol. The van der Waals surface area contributed by atoms with Crippen molar-refractivity contribution in [2.75, 3.05) is 13.1 Å². The fourth-order valence-corrected chi connectivity index (χ4v) is 3.86. The molecule has 0 aromatic carbocycles. The lowest BCUT2D eigenvalue weighted by Gasteiger charge is -2.23. The Balaban J connectivity index is 1.51. The SMILES string of the molecule is O=C(CCc1ccsc1)C1CC12CCNCC2. The molecular formula is C14H19NOS. The van der Waals surface area contributed by atoms with Gasteiger partial charge in [0.2, 0.25) is 0 Å². The van der Waals surface area contributed by atoms with Crippen LogP contribution < -0.4 is 5.32 Å². The lowest BCUT2D eigenvalue weighted by atomic mass is 9.90. The van der Waals surface area contributed by atoms with E-state index in [-0.39, 0.29) is 0 Å². The van der Waals surface area contributed by atoms with E-state index in [4.69, 9.17) is 0 Å². The van der Waals surface area contributed by atoms with Crippen LogP contribution in [-0.4, -0.2) is 18.9 Å². The number of carbonyl (C=O) groups is 1. The first-order valence-electron chi connectivity index (χ1n) is 6.55. The lowest BCUT2D eigenvalue weighted by Crippen LogP contribution is -2.30. The van der Waals surface area contributed by atoms with Gasteiger partial charge in [0.1, 0.15) is 5.78 Å². The number of carbonyl (C=O) groups excluding carboxylic acids is 1. The molecule has 17 heavy (non-hydrogen) atoms. The molecule has 1 N–H and O–H groups in total. The van der Waals surface area contributed by atoms with Crippen molar-refractivity contribution in [1.29, 1.82) is 0 Å². The summed E-state index contributed by atoms with van der Waals surface area (Å²) in [7, 11) is 0. The Bertz CT molecular complexity index is 392. The number of ketones is 1. The zero-order valence-corrected chi connectivity index (χ0v) is 10.9. The number of thiophene rings is 1. The van der Waals surface area contributed by atoms with Gasteiger partial charge in [0.25, 0.3) is 0 Å². The van der Waals surface area contributed by atoms with Crippen LogP contribution in [0, 0.1) is 11.3 Å². The Hall–Kier alpha value is -0.670. The highest BCUT2D eigenvalue weighted by Crippen LogP contribution is 2.59. The van der Waals surface area contributed by atoms with E-state index in [0.717, 1.165) is 32.4 Å². The Kier molecular flexibility index (Phi) is 3.05. The van der Waals surface area contributed by atoms with Crippen molar-refractivity contribution in [3.63, 3.8) is 0 Å². The fourth-order valence-electron chi connectivity index (χ4n) is 3.16. The van der Waals surface area contributed by atoms with Crippen molar-refractivity contribution >= 4 is 17.1 Å². The lowest BCUT2D eigenvalue weighted by molar-refractivity contribution is -0.121. The molecule has 92 valence electrons. The molecule has 1 saturated carbocycles. The molecule has 2 nitrogen and oxygen atoms in total. The van der Waals surface area contributed by atoms with Gasteiger partial charge in [0, 0.05) is 12.3 Å². The topological polar surface area (TPSA) is 29.1 Å². The largest absolute Gasteiger partial charge is 0.317 e. The number of aryl methyl sites for hydroxylation is 1. The molecule has 1 atom stereocenters. The average Bonchev–Trinajstić information content (AvgIpc) is 2.82. The van der Waals surface area contributed by atoms with Crippen molar-refractivity contribution in [2.45, 2.75) is 32.1 Å². The van der Waals surface area contributed by atoms with Crippen molar-refractivity contribution in [3.05, 3.63) is 22.4 Å². The van der Waals surface area contributed by atoms with Gasteiger partial charge >= 0.3 is 0 Å². The van der Waals surface area contributed by atoms with E-state index in [1.54, 1.807) is 11.3 Å². The first-order valence-corrected chi connectivity index (χ1v) is 7.49. The Morgan fingerprint density at radius 1 is 1.47 bits per heavy atom. The number of hydrogen-bond acceptors (Lipinski definition) is 3. The maximum atomic E-state index is 12.2. The third-order valence-corrected chi connectivity index (χ3v) is 5.15. The number of rotatable bonds is 4. The first kappa shape index (κ1) is 11.4. The third kappa shape index (κ3) is 2.31. The Morgan fingerprint density at radius 3 is 3.00 bits per heavy atom. The minimum atomic E-state index is 0.392. The van der Waals surface area contributed by atoms with E-state index in [9.17, 15) is 4.79 Å². The predicted octanol–water partition coefficient (Wildman–Crippen LogP) is 2.64. The van der Waals surface area contributed by atoms with Gasteiger partial charge in [-0.3, -0.25) is 4.79 Å². The molecule has 1 aliphatic carbocycles. The first-order chi connectivity index (χ1) is 8.30. The third-order valence-electron chi connectivity index (χ3n) is 4.42. The second kappa shape index (κ2) is 4.54. The van der Waals surface area contributed by atoms with Gasteiger partial charge in [-0.1, -0.05) is 0 Å². The summed E-state index contributed by atoms with van der Waals surface area (Å²) in [6.45, 7) is 2.21. The number of hydrogen-bond donors (Lipinski definition) is 1. The van der Waals surface area contributed by atoms with E-state index in [1.807, 2.05) is 0 Å². The Morgan fingerprint density at radius 2 is 2.29 bits per heavy atom. The van der Waals surface area contributed by atoms with Crippen LogP contribution in [0.1, 0.15) is 31.2 Å². The van der Waals surface area contributed by atoms with Crippen LogP contribution in [0.15, 0.2) is 16.8 Å². The molecule has 1 unspecified atom stereocenters. The minimum Gasteiger partial charge on any atom is -0.317 e. The van der Waals surface area contributed by atoms with Gasteiger partial charge in [-0.15, -0.1) is 0 Å². The predicted molar refractivity (Wildman–Crippen MR) is 70.3 cm³/mol. The van der Waals surface area contributed by atoms with Gasteiger partial charge < -0.3 is 5.32 Å². The molecule has 0 amide bonds. The van der Waals surface area contributed by atoms with E-state index < -0.39 is 0 Å². The standard InChI is InChI=1S/C14H19NOS/c16-13(2-1-11-3-8-17-10-11)12-9-14(12)4-6-15-7-5-14/h3,8,10,12,15H,1-2,4-7,9H2. The van der Waals surface area contributed by atoms with Gasteiger partial charge in [-0.05, 0) is 66.6 Å². The fraction of sp³-hybridized carbons (Fsp3) is 0.643. The zero-order chi connectivity index (χ0) is 11.7. The van der Waals surface area contributed by atoms with Crippen molar-refractivity contribution in [1.82, 2.24) is 5.32 Å². The maximum absolute atomic E-state index is 12.2. The van der Waals surface area contributed by atoms with Crippen LogP contribution in [0.4, 0.5) is 0 Å². The molecule has 1 aromatic heterocycles. The summed E-state index contributed by atoms with van der Waals surface area (Å²) in [5.41, 5.74) is 1.74. The van der Waals surface area contributed by atoms with Crippen LogP contribution >= 0.6 is 11.3 Å². The molecule has 1 aliphatic heterocycles. The number of piperidine rings is 1. The summed E-state index contributed by atoms with van der Waals surface area (Å²) in [5, 5.41) is 7.63. The zero-order valence-electron chi connectivity index (χ0n) is 10.1. The summed E-state index contributed by atoms with van der Waals surface area (Å²) < 4.78 is 0. The number of nitrogens with one attached hydrogen (secondary N) is 1. The van der Waals surface area contributed by atoms with Gasteiger partial charge in [-0.2, -0.15) is 11.3 Å². The second-order valence-electron chi connectivity index (χ2n) is 5.47. The summed E-state index contributed by atoms with van der Waals surface area (Å²) in [6, 6.07) is 2.13. The van der Waals surface area contributed by atoms with Crippen LogP contribution in [0.25, 0.3) is 0 Å². The minimum absolute atomic E-state index is 0.392. The second-order valence-corrected chi connectivity index (χ2v) is 6.25. The highest BCUT2D eigenvalue weighted by Gasteiger charge is 2.56. The molecule has 1 spiro atoms. The van der Waals surface area contributed by atoms with Crippen LogP contribution in [-0.2, 0) is 11.2 Å². The molecule has 2 heterocycles. The highest BCUT2D eigenvalue weighted by molar-refractivity contribution is 7.07. The van der Waals surface area contributed by atoms with Crippen LogP contribution in [0.3, 0.4) is 0 Å². The summed E-state index contributed by atoms with van der Waals surface area (Å²) in [5.74, 6) is 0.904. The molecule has 0 bridgehead atoms. The number of Topliss-reactive ketones (excluding diaryl/α,β-unsaturated/α-hetero) is 1. The van der Waals surface area contributed by atoms with Crippen molar-refractivity contribution in [2.24, 2.45) is 11.3 Å². The normalized spacial score (nSPS) is 26.0. The summed E-state index contributed by atoms with van der Waals surface area (Å²) >= 11 is 1.72. The molecule has 3 rings (SSSR count). The van der Waals surface area contributed by atoms with Gasteiger partial charge in [-0.25, -0.2) is 0 Å². The summed E-state index contributed by atoms with van der Waals surface area (Å²) in [6.07, 6.45) is 5.27. The van der Waals surface area contributed by atoms with E-state index >= 15 is 0 Å². The molecule has 1 saturated heterocycles. The monoisotopic (exact) mass is 249 g/mol. The van der Waals surface area contributed by atoms with Gasteiger partial charge in [0.05, 0.1) is 0 Å². The van der Waals surface area contributed by atoms with Crippen LogP contribution in [0.5, 0.6) is 0 Å². The van der Waals surface area contributed by atoms with E-state index in [1.165, 1.54) is 18.4 Å². The Labute approximate surface area is 106 Å². The molecule has 2 fully saturated rings. The maximum Gasteiger partial charge on any atom is 0.136 e. The van der Waals surface area contributed by atoms with E-state index in [0.29, 0.717) is 17.1 Å². The van der Waals surface area contributed by atoms with Crippen molar-refractivity contribution < 1.29 is 4.79 Å². The van der Waals surface area contributed by atoms with E-state index in [2.05, 4.69) is 22.1 Å². The highest BCUT2D eigenvalue weighted by atomic mass is 32.1. The molecule has 2 aliphatic rings. The quantitative estimate of drug-likeness (QED) is 0.889. The molecule has 0 radical (unpaired) electrons. The smallest absolute Gasteiger partial charge is 0.136 e. The molecular weight excluding hydrogens is 230 g/mol. The van der Waals surface area contributed by atoms with Crippen molar-refractivity contribution in [3.8, 4) is 0 Å².